The molecule has 2 aromatic carbocycles. The second-order valence-electron chi connectivity index (χ2n) is 4.88. The third kappa shape index (κ3) is 2.04. The number of hydrogen-bond donors (Lipinski definition) is 2. The molecule has 0 fully saturated rings. The number of amides is 1. The van der Waals surface area contributed by atoms with Crippen molar-refractivity contribution in [3.63, 3.8) is 0 Å². The van der Waals surface area contributed by atoms with Crippen LogP contribution in [-0.2, 0) is 4.79 Å². The Morgan fingerprint density at radius 2 is 2.00 bits per heavy atom. The molecule has 21 heavy (non-hydrogen) atoms. The molecular weight excluding hydrogens is 377 g/mol. The van der Waals surface area contributed by atoms with Crippen molar-refractivity contribution >= 4 is 56.7 Å². The number of carbonyl (C=O) groups excluding carboxylic acids is 1. The minimum Gasteiger partial charge on any atom is -0.321 e. The van der Waals surface area contributed by atoms with E-state index in [1.165, 1.54) is 0 Å². The smallest absolute Gasteiger partial charge is 0.256 e. The van der Waals surface area contributed by atoms with Crippen molar-refractivity contribution in [3.05, 3.63) is 57.3 Å². The zero-order chi connectivity index (χ0) is 14.4. The van der Waals surface area contributed by atoms with Gasteiger partial charge in [0.25, 0.3) is 5.91 Å². The van der Waals surface area contributed by atoms with Crippen LogP contribution in [0.5, 0.6) is 0 Å². The number of benzene rings is 2. The van der Waals surface area contributed by atoms with Gasteiger partial charge in [-0.05, 0) is 52.4 Å². The lowest BCUT2D eigenvalue weighted by Crippen LogP contribution is -2.03. The Morgan fingerprint density at radius 3 is 2.90 bits per heavy atom. The van der Waals surface area contributed by atoms with Crippen molar-refractivity contribution in [1.29, 1.82) is 0 Å². The van der Waals surface area contributed by atoms with E-state index in [1.807, 2.05) is 48.5 Å². The molecule has 2 heterocycles. The Kier molecular flexibility index (Phi) is 2.81. The predicted octanol–water partition coefficient (Wildman–Crippen LogP) is 3.66. The van der Waals surface area contributed by atoms with Crippen molar-refractivity contribution in [2.45, 2.75) is 0 Å². The third-order valence-electron chi connectivity index (χ3n) is 3.56. The highest BCUT2D eigenvalue weighted by atomic mass is 127. The number of aromatic nitrogens is 2. The summed E-state index contributed by atoms with van der Waals surface area (Å²) in [5, 5.41) is 11.1. The zero-order valence-electron chi connectivity index (χ0n) is 10.9. The van der Waals surface area contributed by atoms with Gasteiger partial charge < -0.3 is 5.32 Å². The van der Waals surface area contributed by atoms with E-state index in [-0.39, 0.29) is 5.91 Å². The summed E-state index contributed by atoms with van der Waals surface area (Å²) in [5.41, 5.74) is 4.50. The van der Waals surface area contributed by atoms with Crippen LogP contribution >= 0.6 is 22.6 Å². The van der Waals surface area contributed by atoms with E-state index >= 15 is 0 Å². The summed E-state index contributed by atoms with van der Waals surface area (Å²) in [7, 11) is 0. The number of para-hydroxylation sites is 1. The first kappa shape index (κ1) is 12.6. The Bertz CT molecular complexity index is 911. The van der Waals surface area contributed by atoms with Crippen LogP contribution in [0.4, 0.5) is 5.69 Å². The zero-order valence-corrected chi connectivity index (χ0v) is 13.0. The number of carbonyl (C=O) groups is 1. The molecule has 5 heteroatoms. The fourth-order valence-corrected chi connectivity index (χ4v) is 3.11. The van der Waals surface area contributed by atoms with Gasteiger partial charge >= 0.3 is 0 Å². The molecule has 0 saturated carbocycles. The van der Waals surface area contributed by atoms with Crippen LogP contribution in [0.25, 0.3) is 22.6 Å². The van der Waals surface area contributed by atoms with Crippen LogP contribution in [0.2, 0.25) is 0 Å². The van der Waals surface area contributed by atoms with Crippen molar-refractivity contribution in [3.8, 4) is 0 Å². The van der Waals surface area contributed by atoms with Crippen molar-refractivity contribution in [1.82, 2.24) is 10.2 Å². The first-order valence-electron chi connectivity index (χ1n) is 6.48. The lowest BCUT2D eigenvalue weighted by atomic mass is 10.0. The standard InChI is InChI=1S/C16H10IN3O/c17-15-12-8-9(5-6-14(12)19-20-15)7-11-10-3-1-2-4-13(10)18-16(11)21/h1-8H,(H,18,21)(H,19,20). The molecule has 4 rings (SSSR count). The number of rotatable bonds is 1. The number of halogens is 1. The van der Waals surface area contributed by atoms with Crippen LogP contribution in [0.15, 0.2) is 42.5 Å². The molecular formula is C16H10IN3O. The van der Waals surface area contributed by atoms with E-state index in [0.717, 1.165) is 31.4 Å². The molecule has 1 aliphatic rings. The van der Waals surface area contributed by atoms with Crippen LogP contribution in [0, 0.1) is 3.70 Å². The summed E-state index contributed by atoms with van der Waals surface area (Å²) in [4.78, 5) is 12.1. The highest BCUT2D eigenvalue weighted by molar-refractivity contribution is 14.1. The third-order valence-corrected chi connectivity index (χ3v) is 4.38. The number of nitrogens with one attached hydrogen (secondary N) is 2. The van der Waals surface area contributed by atoms with Crippen LogP contribution in [-0.4, -0.2) is 16.1 Å². The van der Waals surface area contributed by atoms with E-state index in [2.05, 4.69) is 38.1 Å². The van der Waals surface area contributed by atoms with Gasteiger partial charge in [-0.25, -0.2) is 0 Å². The number of anilines is 1. The van der Waals surface area contributed by atoms with Gasteiger partial charge in [-0.15, -0.1) is 0 Å². The van der Waals surface area contributed by atoms with Gasteiger partial charge in [0.2, 0.25) is 0 Å². The molecule has 3 aromatic rings. The maximum Gasteiger partial charge on any atom is 0.256 e. The first-order chi connectivity index (χ1) is 10.2. The number of nitrogens with zero attached hydrogens (tertiary/aromatic N) is 1. The van der Waals surface area contributed by atoms with E-state index in [9.17, 15) is 4.79 Å². The number of fused-ring (bicyclic) bond motifs is 2. The summed E-state index contributed by atoms with van der Waals surface area (Å²) in [6.07, 6.45) is 1.92. The second kappa shape index (κ2) is 4.70. The summed E-state index contributed by atoms with van der Waals surface area (Å²) in [6, 6.07) is 13.7. The van der Waals surface area contributed by atoms with Gasteiger partial charge in [-0.1, -0.05) is 24.3 Å². The molecule has 0 saturated heterocycles. The van der Waals surface area contributed by atoms with Gasteiger partial charge in [0.15, 0.2) is 0 Å². The predicted molar refractivity (Wildman–Crippen MR) is 91.8 cm³/mol. The Morgan fingerprint density at radius 1 is 1.14 bits per heavy atom. The van der Waals surface area contributed by atoms with Crippen molar-refractivity contribution in [2.24, 2.45) is 0 Å². The molecule has 1 aliphatic heterocycles. The lowest BCUT2D eigenvalue weighted by Gasteiger charge is -1.99. The SMILES string of the molecule is O=C1Nc2ccccc2C1=Cc1ccc2[nH]nc(I)c2c1. The first-order valence-corrected chi connectivity index (χ1v) is 7.56. The molecule has 0 spiro atoms. The summed E-state index contributed by atoms with van der Waals surface area (Å²) >= 11 is 2.20. The molecule has 0 radical (unpaired) electrons. The Hall–Kier alpha value is -2.15. The summed E-state index contributed by atoms with van der Waals surface area (Å²) in [5.74, 6) is -0.0572. The largest absolute Gasteiger partial charge is 0.321 e. The minimum atomic E-state index is -0.0572. The molecule has 0 unspecified atom stereocenters. The van der Waals surface area contributed by atoms with E-state index in [1.54, 1.807) is 0 Å². The summed E-state index contributed by atoms with van der Waals surface area (Å²) < 4.78 is 0.930. The molecule has 0 atom stereocenters. The average molecular weight is 387 g/mol. The fraction of sp³-hybridized carbons (Fsp3) is 0. The molecule has 0 aliphatic carbocycles. The van der Waals surface area contributed by atoms with Gasteiger partial charge in [0.05, 0.1) is 5.52 Å². The molecule has 4 nitrogen and oxygen atoms in total. The average Bonchev–Trinajstić information content (AvgIpc) is 3.01. The molecule has 1 amide bonds. The monoisotopic (exact) mass is 387 g/mol. The number of aromatic amines is 1. The highest BCUT2D eigenvalue weighted by Gasteiger charge is 2.23. The Labute approximate surface area is 134 Å². The maximum absolute atomic E-state index is 12.1. The van der Waals surface area contributed by atoms with Crippen LogP contribution in [0.1, 0.15) is 11.1 Å². The van der Waals surface area contributed by atoms with E-state index < -0.39 is 0 Å². The lowest BCUT2D eigenvalue weighted by molar-refractivity contribution is -0.110. The summed E-state index contributed by atoms with van der Waals surface area (Å²) in [6.45, 7) is 0. The fourth-order valence-electron chi connectivity index (χ4n) is 2.54. The highest BCUT2D eigenvalue weighted by Crippen LogP contribution is 2.33. The molecule has 1 aromatic heterocycles. The molecule has 102 valence electrons. The van der Waals surface area contributed by atoms with Crippen molar-refractivity contribution < 1.29 is 4.79 Å². The Balaban J connectivity index is 1.86. The van der Waals surface area contributed by atoms with Crippen LogP contribution in [0.3, 0.4) is 0 Å². The van der Waals surface area contributed by atoms with Gasteiger partial charge in [-0.2, -0.15) is 5.10 Å². The normalized spacial score (nSPS) is 15.5. The van der Waals surface area contributed by atoms with Gasteiger partial charge in [-0.3, -0.25) is 9.89 Å². The minimum absolute atomic E-state index is 0.0572. The maximum atomic E-state index is 12.1. The van der Waals surface area contributed by atoms with E-state index in [0.29, 0.717) is 5.57 Å². The molecule has 2 N–H and O–H groups in total. The second-order valence-corrected chi connectivity index (χ2v) is 5.90. The topological polar surface area (TPSA) is 57.8 Å². The van der Waals surface area contributed by atoms with Crippen molar-refractivity contribution in [2.75, 3.05) is 5.32 Å². The van der Waals surface area contributed by atoms with Gasteiger partial charge in [0.1, 0.15) is 3.70 Å². The van der Waals surface area contributed by atoms with Gasteiger partial charge in [0, 0.05) is 22.2 Å². The quantitative estimate of drug-likeness (QED) is 0.495. The molecule has 0 bridgehead atoms. The van der Waals surface area contributed by atoms with Crippen LogP contribution < -0.4 is 5.32 Å². The van der Waals surface area contributed by atoms with E-state index in [4.69, 9.17) is 0 Å². The number of H-pyrrole nitrogens is 1. The number of hydrogen-bond acceptors (Lipinski definition) is 2.